The molecule has 2 aromatic rings. The highest BCUT2D eigenvalue weighted by Crippen LogP contribution is 2.35. The molecule has 0 atom stereocenters. The number of nitrogens with one attached hydrogen (secondary N) is 1. The molecule has 100 valence electrons. The van der Waals surface area contributed by atoms with E-state index in [0.717, 1.165) is 53.6 Å². The second-order valence-electron chi connectivity index (χ2n) is 4.51. The van der Waals surface area contributed by atoms with Crippen LogP contribution in [-0.2, 0) is 4.74 Å². The van der Waals surface area contributed by atoms with Crippen molar-refractivity contribution >= 4 is 33.9 Å². The minimum absolute atomic E-state index is 0.748. The second kappa shape index (κ2) is 5.23. The van der Waals surface area contributed by atoms with Gasteiger partial charge >= 0.3 is 0 Å². The Balaban J connectivity index is 2.18. The summed E-state index contributed by atoms with van der Waals surface area (Å²) < 4.78 is 5.39. The highest BCUT2D eigenvalue weighted by Gasteiger charge is 2.17. The van der Waals surface area contributed by atoms with Gasteiger partial charge < -0.3 is 15.0 Å². The second-order valence-corrected chi connectivity index (χ2v) is 4.91. The molecule has 1 aliphatic heterocycles. The molecular formula is C14H16ClN3O. The monoisotopic (exact) mass is 277 g/mol. The maximum Gasteiger partial charge on any atom is 0.136 e. The summed E-state index contributed by atoms with van der Waals surface area (Å²) in [6.45, 7) is 3.23. The Bertz CT molecular complexity index is 597. The highest BCUT2D eigenvalue weighted by atomic mass is 35.5. The lowest BCUT2D eigenvalue weighted by Crippen LogP contribution is -2.36. The Kier molecular flexibility index (Phi) is 3.44. The number of rotatable bonds is 2. The number of morpholine rings is 1. The van der Waals surface area contributed by atoms with Gasteiger partial charge in [0, 0.05) is 30.9 Å². The molecule has 4 nitrogen and oxygen atoms in total. The number of fused-ring (bicyclic) bond motifs is 1. The predicted molar refractivity (Wildman–Crippen MR) is 79.3 cm³/mol. The maximum atomic E-state index is 6.34. The van der Waals surface area contributed by atoms with Crippen LogP contribution >= 0.6 is 11.6 Å². The van der Waals surface area contributed by atoms with E-state index in [1.54, 1.807) is 0 Å². The van der Waals surface area contributed by atoms with Gasteiger partial charge in [-0.2, -0.15) is 0 Å². The number of halogens is 1. The van der Waals surface area contributed by atoms with Crippen molar-refractivity contribution in [3.8, 4) is 0 Å². The number of hydrogen-bond acceptors (Lipinski definition) is 4. The number of aromatic nitrogens is 1. The molecule has 0 saturated carbocycles. The third-order valence-electron chi connectivity index (χ3n) is 3.42. The van der Waals surface area contributed by atoms with E-state index >= 15 is 0 Å². The summed E-state index contributed by atoms with van der Waals surface area (Å²) in [5.41, 5.74) is 0.956. The molecule has 0 bridgehead atoms. The molecule has 1 aliphatic rings. The van der Waals surface area contributed by atoms with Crippen molar-refractivity contribution in [1.29, 1.82) is 0 Å². The first-order valence-corrected chi connectivity index (χ1v) is 6.76. The van der Waals surface area contributed by atoms with Crippen molar-refractivity contribution in [1.82, 2.24) is 4.98 Å². The lowest BCUT2D eigenvalue weighted by Gasteiger charge is -2.29. The van der Waals surface area contributed by atoms with Gasteiger partial charge in [0.05, 0.1) is 30.1 Å². The van der Waals surface area contributed by atoms with E-state index in [1.807, 2.05) is 25.4 Å². The molecular weight excluding hydrogens is 262 g/mol. The summed E-state index contributed by atoms with van der Waals surface area (Å²) >= 11 is 6.34. The van der Waals surface area contributed by atoms with Crippen molar-refractivity contribution in [2.75, 3.05) is 43.6 Å². The molecule has 0 spiro atoms. The van der Waals surface area contributed by atoms with Gasteiger partial charge in [0.1, 0.15) is 5.82 Å². The van der Waals surface area contributed by atoms with E-state index in [0.29, 0.717) is 0 Å². The van der Waals surface area contributed by atoms with Gasteiger partial charge in [-0.3, -0.25) is 0 Å². The number of benzene rings is 1. The Morgan fingerprint density at radius 1 is 1.32 bits per heavy atom. The minimum Gasteiger partial charge on any atom is -0.386 e. The molecule has 5 heteroatoms. The molecule has 19 heavy (non-hydrogen) atoms. The van der Waals surface area contributed by atoms with Crippen LogP contribution in [0.3, 0.4) is 0 Å². The highest BCUT2D eigenvalue weighted by molar-refractivity contribution is 6.37. The van der Waals surface area contributed by atoms with Crippen LogP contribution in [-0.4, -0.2) is 38.3 Å². The average molecular weight is 278 g/mol. The maximum absolute atomic E-state index is 6.34. The summed E-state index contributed by atoms with van der Waals surface area (Å²) in [5.74, 6) is 0.986. The van der Waals surface area contributed by atoms with Crippen LogP contribution in [0.4, 0.5) is 11.5 Å². The number of nitrogens with zero attached hydrogens (tertiary/aromatic N) is 2. The first-order chi connectivity index (χ1) is 9.31. The van der Waals surface area contributed by atoms with Gasteiger partial charge in [0.2, 0.25) is 0 Å². The van der Waals surface area contributed by atoms with E-state index in [2.05, 4.69) is 21.3 Å². The van der Waals surface area contributed by atoms with Crippen LogP contribution in [0.1, 0.15) is 0 Å². The fraction of sp³-hybridized carbons (Fsp3) is 0.357. The minimum atomic E-state index is 0.748. The van der Waals surface area contributed by atoms with Crippen molar-refractivity contribution in [2.24, 2.45) is 0 Å². The summed E-state index contributed by atoms with van der Waals surface area (Å²) in [6.07, 6.45) is 1.85. The normalized spacial score (nSPS) is 15.8. The quantitative estimate of drug-likeness (QED) is 0.916. The number of ether oxygens (including phenoxy) is 1. The van der Waals surface area contributed by atoms with Gasteiger partial charge in [-0.05, 0) is 6.07 Å². The van der Waals surface area contributed by atoms with E-state index < -0.39 is 0 Å². The fourth-order valence-electron chi connectivity index (χ4n) is 2.46. The van der Waals surface area contributed by atoms with Crippen molar-refractivity contribution in [3.05, 3.63) is 29.4 Å². The number of anilines is 2. The molecule has 0 radical (unpaired) electrons. The summed E-state index contributed by atoms with van der Waals surface area (Å²) in [6, 6.07) is 5.95. The molecule has 1 N–H and O–H groups in total. The van der Waals surface area contributed by atoms with Gasteiger partial charge in [0.15, 0.2) is 0 Å². The van der Waals surface area contributed by atoms with E-state index in [1.165, 1.54) is 0 Å². The van der Waals surface area contributed by atoms with Crippen molar-refractivity contribution < 1.29 is 4.74 Å². The molecule has 3 rings (SSSR count). The topological polar surface area (TPSA) is 37.4 Å². The van der Waals surface area contributed by atoms with E-state index in [9.17, 15) is 0 Å². The van der Waals surface area contributed by atoms with Gasteiger partial charge in [-0.1, -0.05) is 23.7 Å². The smallest absolute Gasteiger partial charge is 0.136 e. The summed E-state index contributed by atoms with van der Waals surface area (Å²) in [4.78, 5) is 6.84. The van der Waals surface area contributed by atoms with Crippen LogP contribution in [0.2, 0.25) is 5.02 Å². The Morgan fingerprint density at radius 2 is 2.11 bits per heavy atom. The standard InChI is InChI=1S/C14H16ClN3O/c1-16-12-9-17-14(18-5-7-19-8-6-18)10-3-2-4-11(15)13(10)12/h2-4,9,16H,5-8H2,1H3. The van der Waals surface area contributed by atoms with Gasteiger partial charge in [0.25, 0.3) is 0 Å². The summed E-state index contributed by atoms with van der Waals surface area (Å²) in [7, 11) is 1.88. The Labute approximate surface area is 117 Å². The zero-order valence-corrected chi connectivity index (χ0v) is 11.6. The van der Waals surface area contributed by atoms with Gasteiger partial charge in [-0.15, -0.1) is 0 Å². The van der Waals surface area contributed by atoms with Crippen molar-refractivity contribution in [3.63, 3.8) is 0 Å². The molecule has 1 aromatic heterocycles. The SMILES string of the molecule is CNc1cnc(N2CCOCC2)c2cccc(Cl)c12. The molecule has 1 aromatic carbocycles. The Hall–Kier alpha value is -1.52. The van der Waals surface area contributed by atoms with E-state index in [-0.39, 0.29) is 0 Å². The average Bonchev–Trinajstić information content (AvgIpc) is 2.47. The number of pyridine rings is 1. The summed E-state index contributed by atoms with van der Waals surface area (Å²) in [5, 5.41) is 6.01. The molecule has 2 heterocycles. The van der Waals surface area contributed by atoms with E-state index in [4.69, 9.17) is 16.3 Å². The van der Waals surface area contributed by atoms with Crippen LogP contribution in [0, 0.1) is 0 Å². The zero-order valence-electron chi connectivity index (χ0n) is 10.8. The molecule has 0 aliphatic carbocycles. The third-order valence-corrected chi connectivity index (χ3v) is 3.73. The van der Waals surface area contributed by atoms with Crippen LogP contribution in [0.15, 0.2) is 24.4 Å². The first-order valence-electron chi connectivity index (χ1n) is 6.39. The van der Waals surface area contributed by atoms with Crippen LogP contribution < -0.4 is 10.2 Å². The fourth-order valence-corrected chi connectivity index (χ4v) is 2.74. The van der Waals surface area contributed by atoms with Crippen molar-refractivity contribution in [2.45, 2.75) is 0 Å². The van der Waals surface area contributed by atoms with Crippen LogP contribution in [0.5, 0.6) is 0 Å². The first kappa shape index (κ1) is 12.5. The predicted octanol–water partition coefficient (Wildman–Crippen LogP) is 2.77. The molecule has 0 amide bonds. The van der Waals surface area contributed by atoms with Gasteiger partial charge in [-0.25, -0.2) is 4.98 Å². The molecule has 1 fully saturated rings. The number of hydrogen-bond donors (Lipinski definition) is 1. The lowest BCUT2D eigenvalue weighted by atomic mass is 10.1. The molecule has 1 saturated heterocycles. The molecule has 0 unspecified atom stereocenters. The third kappa shape index (κ3) is 2.22. The zero-order chi connectivity index (χ0) is 13.2. The largest absolute Gasteiger partial charge is 0.386 e. The van der Waals surface area contributed by atoms with Crippen LogP contribution in [0.25, 0.3) is 10.8 Å². The lowest BCUT2D eigenvalue weighted by molar-refractivity contribution is 0.122. The Morgan fingerprint density at radius 3 is 2.84 bits per heavy atom.